The van der Waals surface area contributed by atoms with Gasteiger partial charge in [0, 0.05) is 34.5 Å². The Morgan fingerprint density at radius 2 is 1.77 bits per heavy atom. The number of hydrogen-bond acceptors (Lipinski definition) is 3. The van der Waals surface area contributed by atoms with Crippen LogP contribution in [-0.2, 0) is 11.3 Å². The van der Waals surface area contributed by atoms with Gasteiger partial charge in [0.05, 0.1) is 11.1 Å². The number of hydrogen-bond donors (Lipinski definition) is 1. The zero-order valence-corrected chi connectivity index (χ0v) is 17.5. The molecule has 0 aliphatic rings. The summed E-state index contributed by atoms with van der Waals surface area (Å²) in [6.45, 7) is 2.24. The van der Waals surface area contributed by atoms with Crippen molar-refractivity contribution >= 4 is 51.5 Å². The monoisotopic (exact) mass is 437 g/mol. The van der Waals surface area contributed by atoms with Crippen molar-refractivity contribution in [2.75, 3.05) is 5.32 Å². The second-order valence-electron chi connectivity index (χ2n) is 6.86. The van der Waals surface area contributed by atoms with Gasteiger partial charge in [0.15, 0.2) is 0 Å². The van der Waals surface area contributed by atoms with E-state index in [0.717, 1.165) is 16.8 Å². The van der Waals surface area contributed by atoms with E-state index in [-0.39, 0.29) is 10.7 Å². The summed E-state index contributed by atoms with van der Waals surface area (Å²) in [5, 5.41) is 4.11. The van der Waals surface area contributed by atoms with Crippen LogP contribution in [0.4, 0.5) is 5.69 Å². The molecule has 2 heterocycles. The molecule has 0 saturated heterocycles. The molecule has 4 rings (SSSR count). The van der Waals surface area contributed by atoms with Crippen molar-refractivity contribution in [3.8, 4) is 0 Å². The van der Waals surface area contributed by atoms with Gasteiger partial charge < -0.3 is 9.88 Å². The van der Waals surface area contributed by atoms with Gasteiger partial charge >= 0.3 is 0 Å². The molecule has 2 aromatic heterocycles. The third kappa shape index (κ3) is 3.95. The zero-order chi connectivity index (χ0) is 21.3. The number of rotatable bonds is 5. The van der Waals surface area contributed by atoms with E-state index in [2.05, 4.69) is 10.3 Å². The average molecular weight is 438 g/mol. The highest BCUT2D eigenvalue weighted by molar-refractivity contribution is 6.51. The number of fused-ring (bicyclic) bond motifs is 1. The highest BCUT2D eigenvalue weighted by atomic mass is 35.5. The van der Waals surface area contributed by atoms with E-state index in [1.54, 1.807) is 43.5 Å². The fraction of sp³-hybridized carbons (Fsp3) is 0.0870. The second kappa shape index (κ2) is 8.30. The Morgan fingerprint density at radius 3 is 2.50 bits per heavy atom. The molecule has 0 bridgehead atoms. The molecule has 0 unspecified atom stereocenters. The lowest BCUT2D eigenvalue weighted by molar-refractivity contribution is -0.112. The molecular weight excluding hydrogens is 421 g/mol. The smallest absolute Gasteiger partial charge is 0.296 e. The molecule has 0 atom stereocenters. The number of nitrogens with one attached hydrogen (secondary N) is 1. The van der Waals surface area contributed by atoms with Gasteiger partial charge in [-0.05, 0) is 42.8 Å². The molecule has 4 aromatic rings. The highest BCUT2D eigenvalue weighted by Crippen LogP contribution is 2.31. The summed E-state index contributed by atoms with van der Waals surface area (Å²) >= 11 is 12.6. The first-order valence-electron chi connectivity index (χ1n) is 9.23. The number of pyridine rings is 1. The van der Waals surface area contributed by atoms with Crippen molar-refractivity contribution in [3.05, 3.63) is 93.9 Å². The number of anilines is 1. The number of aryl methyl sites for hydroxylation is 1. The van der Waals surface area contributed by atoms with Gasteiger partial charge in [-0.1, -0.05) is 53.5 Å². The molecule has 1 amide bonds. The number of Topliss-reactive ketones (excluding diaryl/α,β-unsaturated/α-hetero) is 1. The van der Waals surface area contributed by atoms with Gasteiger partial charge in [0.2, 0.25) is 0 Å². The van der Waals surface area contributed by atoms with Crippen molar-refractivity contribution in [2.45, 2.75) is 13.5 Å². The Kier molecular flexibility index (Phi) is 5.57. The lowest BCUT2D eigenvalue weighted by Crippen LogP contribution is -2.23. The van der Waals surface area contributed by atoms with Gasteiger partial charge in [-0.2, -0.15) is 0 Å². The minimum Gasteiger partial charge on any atom is -0.327 e. The van der Waals surface area contributed by atoms with Gasteiger partial charge in [0.1, 0.15) is 5.15 Å². The summed E-state index contributed by atoms with van der Waals surface area (Å²) in [4.78, 5) is 29.8. The van der Waals surface area contributed by atoms with Crippen molar-refractivity contribution in [3.63, 3.8) is 0 Å². The first-order chi connectivity index (χ1) is 14.4. The lowest BCUT2D eigenvalue weighted by Gasteiger charge is -2.08. The summed E-state index contributed by atoms with van der Waals surface area (Å²) < 4.78 is 1.82. The molecule has 30 heavy (non-hydrogen) atoms. The van der Waals surface area contributed by atoms with E-state index < -0.39 is 11.7 Å². The minimum atomic E-state index is -0.753. The number of carbonyl (C=O) groups is 2. The normalized spacial score (nSPS) is 10.9. The molecule has 7 heteroatoms. The summed E-state index contributed by atoms with van der Waals surface area (Å²) in [5.74, 6) is -1.45. The predicted octanol–water partition coefficient (Wildman–Crippen LogP) is 5.52. The molecule has 2 aromatic carbocycles. The second-order valence-corrected chi connectivity index (χ2v) is 7.66. The Labute approximate surface area is 183 Å². The van der Waals surface area contributed by atoms with Crippen LogP contribution in [0.25, 0.3) is 10.9 Å². The third-order valence-electron chi connectivity index (χ3n) is 4.75. The van der Waals surface area contributed by atoms with Crippen LogP contribution in [0.5, 0.6) is 0 Å². The summed E-state index contributed by atoms with van der Waals surface area (Å²) in [5.41, 5.74) is 3.16. The Morgan fingerprint density at radius 1 is 1.03 bits per heavy atom. The number of aromatic nitrogens is 2. The van der Waals surface area contributed by atoms with E-state index >= 15 is 0 Å². The maximum Gasteiger partial charge on any atom is 0.296 e. The largest absolute Gasteiger partial charge is 0.327 e. The molecule has 0 aliphatic heterocycles. The van der Waals surface area contributed by atoms with E-state index in [1.165, 1.54) is 0 Å². The number of nitrogens with zero attached hydrogens (tertiary/aromatic N) is 2. The fourth-order valence-corrected chi connectivity index (χ4v) is 3.80. The average Bonchev–Trinajstić information content (AvgIpc) is 3.00. The van der Waals surface area contributed by atoms with Crippen LogP contribution in [0.15, 0.2) is 66.9 Å². The lowest BCUT2D eigenvalue weighted by atomic mass is 10.1. The first kappa shape index (κ1) is 20.1. The molecule has 150 valence electrons. The van der Waals surface area contributed by atoms with Crippen LogP contribution < -0.4 is 5.32 Å². The first-order valence-corrected chi connectivity index (χ1v) is 9.99. The topological polar surface area (TPSA) is 64.0 Å². The van der Waals surface area contributed by atoms with Crippen LogP contribution in [0.2, 0.25) is 10.2 Å². The molecule has 0 aliphatic carbocycles. The maximum absolute atomic E-state index is 13.0. The third-order valence-corrected chi connectivity index (χ3v) is 5.39. The van der Waals surface area contributed by atoms with E-state index in [0.29, 0.717) is 22.6 Å². The Hall–Kier alpha value is -3.15. The molecule has 1 N–H and O–H groups in total. The predicted molar refractivity (Wildman–Crippen MR) is 119 cm³/mol. The number of halogens is 2. The van der Waals surface area contributed by atoms with Crippen LogP contribution in [0.1, 0.15) is 21.6 Å². The number of benzene rings is 2. The molecule has 0 radical (unpaired) electrons. The van der Waals surface area contributed by atoms with Crippen molar-refractivity contribution in [2.24, 2.45) is 0 Å². The Balaban J connectivity index is 1.71. The zero-order valence-electron chi connectivity index (χ0n) is 16.0. The number of para-hydroxylation sites is 1. The maximum atomic E-state index is 13.0. The van der Waals surface area contributed by atoms with Crippen molar-refractivity contribution in [1.82, 2.24) is 9.55 Å². The quantitative estimate of drug-likeness (QED) is 0.330. The molecule has 0 fully saturated rings. The van der Waals surface area contributed by atoms with Crippen LogP contribution in [0, 0.1) is 6.92 Å². The molecule has 5 nitrogen and oxygen atoms in total. The Bertz CT molecular complexity index is 1260. The number of carbonyl (C=O) groups excluding carboxylic acids is 2. The van der Waals surface area contributed by atoms with E-state index in [4.69, 9.17) is 23.2 Å². The van der Waals surface area contributed by atoms with Crippen LogP contribution >= 0.6 is 23.2 Å². The van der Waals surface area contributed by atoms with Gasteiger partial charge in [0.25, 0.3) is 11.7 Å². The number of amides is 1. The molecule has 0 spiro atoms. The minimum absolute atomic E-state index is 0.185. The van der Waals surface area contributed by atoms with E-state index in [9.17, 15) is 9.59 Å². The van der Waals surface area contributed by atoms with Gasteiger partial charge in [-0.15, -0.1) is 0 Å². The van der Waals surface area contributed by atoms with Gasteiger partial charge in [-0.3, -0.25) is 14.6 Å². The van der Waals surface area contributed by atoms with E-state index in [1.807, 2.05) is 34.9 Å². The standard InChI is InChI=1S/C23H17Cl2N3O2/c1-14-12-17(10-11-26-14)27-23(30)21(29)20-18-4-2-3-5-19(18)28(22(20)25)13-15-6-8-16(24)9-7-15/h2-12H,13H2,1H3,(H,26,27,30). The number of ketones is 1. The highest BCUT2D eigenvalue weighted by Gasteiger charge is 2.26. The van der Waals surface area contributed by atoms with Gasteiger partial charge in [-0.25, -0.2) is 0 Å². The SMILES string of the molecule is Cc1cc(NC(=O)C(=O)c2c(Cl)n(Cc3ccc(Cl)cc3)c3ccccc23)ccn1. The van der Waals surface area contributed by atoms with Crippen molar-refractivity contribution in [1.29, 1.82) is 0 Å². The summed E-state index contributed by atoms with van der Waals surface area (Å²) in [6.07, 6.45) is 1.57. The van der Waals surface area contributed by atoms with Crippen molar-refractivity contribution < 1.29 is 9.59 Å². The van der Waals surface area contributed by atoms with Crippen LogP contribution in [0.3, 0.4) is 0 Å². The summed E-state index contributed by atoms with van der Waals surface area (Å²) in [7, 11) is 0. The van der Waals surface area contributed by atoms with Crippen LogP contribution in [-0.4, -0.2) is 21.2 Å². The summed E-state index contributed by atoms with van der Waals surface area (Å²) in [6, 6.07) is 18.0. The fourth-order valence-electron chi connectivity index (χ4n) is 3.34. The molecule has 0 saturated carbocycles. The molecular formula is C23H17Cl2N3O2.